The van der Waals surface area contributed by atoms with E-state index in [2.05, 4.69) is 249 Å². The maximum atomic E-state index is 2.69. The molecule has 0 heterocycles. The van der Waals surface area contributed by atoms with Crippen molar-refractivity contribution in [3.05, 3.63) is 232 Å². The van der Waals surface area contributed by atoms with Gasteiger partial charge in [0.25, 0.3) is 0 Å². The van der Waals surface area contributed by atoms with E-state index in [-0.39, 0.29) is 21.7 Å². The second kappa shape index (κ2) is 15.6. The molecule has 11 rings (SSSR count). The Bertz CT molecular complexity index is 3130. The number of hydrogen-bond acceptors (Lipinski definition) is 1. The fourth-order valence-electron chi connectivity index (χ4n) is 12.8. The van der Waals surface area contributed by atoms with Crippen molar-refractivity contribution in [3.63, 3.8) is 0 Å². The van der Waals surface area contributed by atoms with E-state index < -0.39 is 5.41 Å². The quantitative estimate of drug-likeness (QED) is 0.154. The highest BCUT2D eigenvalue weighted by atomic mass is 15.1. The van der Waals surface area contributed by atoms with Gasteiger partial charge in [0, 0.05) is 11.3 Å². The smallest absolute Gasteiger partial charge is 0.0714 e. The van der Waals surface area contributed by atoms with E-state index in [9.17, 15) is 0 Å². The SMILES string of the molecule is Cc1ccc2c(c1-c1cc3c(cc1N(c1ccc(-c4ccccc4)cc1)c1cccc4c1C(C)(C)CCC4(C)C)C(c1ccccc1)(c1ccccc1)c1ccccc1-3)C(C)(C)CCC2(C)C. The van der Waals surface area contributed by atoms with E-state index in [0.29, 0.717) is 0 Å². The molecule has 1 heteroatoms. The second-order valence-electron chi connectivity index (χ2n) is 22.6. The number of anilines is 3. The Morgan fingerprint density at radius 1 is 0.358 bits per heavy atom. The molecule has 0 amide bonds. The Morgan fingerprint density at radius 3 is 1.49 bits per heavy atom. The van der Waals surface area contributed by atoms with Gasteiger partial charge in [-0.05, 0) is 162 Å². The minimum atomic E-state index is -0.561. The first-order chi connectivity index (χ1) is 32.1. The lowest BCUT2D eigenvalue weighted by Crippen LogP contribution is -2.35. The van der Waals surface area contributed by atoms with Gasteiger partial charge >= 0.3 is 0 Å². The third kappa shape index (κ3) is 6.70. The summed E-state index contributed by atoms with van der Waals surface area (Å²) in [7, 11) is 0. The Morgan fingerprint density at radius 2 is 0.866 bits per heavy atom. The zero-order chi connectivity index (χ0) is 46.5. The summed E-state index contributed by atoms with van der Waals surface area (Å²) in [6.07, 6.45) is 4.58. The normalized spacial score (nSPS) is 17.7. The third-order valence-electron chi connectivity index (χ3n) is 16.6. The lowest BCUT2D eigenvalue weighted by atomic mass is 9.61. The summed E-state index contributed by atoms with van der Waals surface area (Å²) in [6, 6.07) is 69.5. The highest BCUT2D eigenvalue weighted by Gasteiger charge is 2.48. The van der Waals surface area contributed by atoms with Crippen molar-refractivity contribution in [2.45, 2.75) is 115 Å². The van der Waals surface area contributed by atoms with Crippen LogP contribution in [0.1, 0.15) is 131 Å². The molecule has 0 bridgehead atoms. The third-order valence-corrected chi connectivity index (χ3v) is 16.6. The van der Waals surface area contributed by atoms with Crippen LogP contribution in [0.2, 0.25) is 0 Å². The molecule has 3 aliphatic carbocycles. The van der Waals surface area contributed by atoms with Crippen LogP contribution in [-0.4, -0.2) is 0 Å². The van der Waals surface area contributed by atoms with E-state index in [1.165, 1.54) is 94.8 Å². The summed E-state index contributed by atoms with van der Waals surface area (Å²) in [4.78, 5) is 2.69. The molecule has 0 N–H and O–H groups in total. The van der Waals surface area contributed by atoms with Crippen LogP contribution in [0.5, 0.6) is 0 Å². The van der Waals surface area contributed by atoms with Crippen LogP contribution in [0.4, 0.5) is 17.1 Å². The molecule has 0 aromatic heterocycles. The molecular formula is C66H65N. The number of fused-ring (bicyclic) bond motifs is 5. The summed E-state index contributed by atoms with van der Waals surface area (Å²) < 4.78 is 0. The molecule has 1 nitrogen and oxygen atoms in total. The van der Waals surface area contributed by atoms with Gasteiger partial charge in [-0.25, -0.2) is 0 Å². The molecule has 0 saturated heterocycles. The van der Waals surface area contributed by atoms with Crippen LogP contribution in [0, 0.1) is 6.92 Å². The van der Waals surface area contributed by atoms with Gasteiger partial charge in [-0.1, -0.05) is 207 Å². The Hall–Kier alpha value is -6.44. The zero-order valence-electron chi connectivity index (χ0n) is 41.1. The van der Waals surface area contributed by atoms with Crippen molar-refractivity contribution >= 4 is 17.1 Å². The van der Waals surface area contributed by atoms with E-state index in [0.717, 1.165) is 31.4 Å². The fourth-order valence-corrected chi connectivity index (χ4v) is 12.8. The highest BCUT2D eigenvalue weighted by Crippen LogP contribution is 2.61. The summed E-state index contributed by atoms with van der Waals surface area (Å²) in [5, 5.41) is 0. The molecule has 3 aliphatic rings. The number of hydrogen-bond donors (Lipinski definition) is 0. The average molecular weight is 872 g/mol. The standard InChI is InChI=1S/C66H65N/c1-44-32-37-55-61(65(8,9)41-39-63(55,4)5)59(44)52-42-51-50-28-19-20-29-53(50)66(47-24-15-11-16-25-47,48-26-17-12-18-27-48)56(51)43-58(52)67(49-35-33-46(34-36-49)45-22-13-10-14-23-45)57-31-21-30-54-60(57)64(6,7)40-38-62(54,2)3/h10-37,42-43H,38-41H2,1-9H3. The summed E-state index contributed by atoms with van der Waals surface area (Å²) in [5.74, 6) is 0. The van der Waals surface area contributed by atoms with Gasteiger partial charge < -0.3 is 4.90 Å². The van der Waals surface area contributed by atoms with E-state index in [1.807, 2.05) is 0 Å². The van der Waals surface area contributed by atoms with Crippen LogP contribution >= 0.6 is 0 Å². The Balaban J connectivity index is 1.33. The molecule has 0 fully saturated rings. The molecule has 8 aromatic carbocycles. The molecule has 0 aliphatic heterocycles. The summed E-state index contributed by atoms with van der Waals surface area (Å²) >= 11 is 0. The van der Waals surface area contributed by atoms with Gasteiger partial charge in [0.05, 0.1) is 16.8 Å². The maximum absolute atomic E-state index is 2.69. The Labute approximate surface area is 400 Å². The van der Waals surface area contributed by atoms with Gasteiger partial charge in [0.2, 0.25) is 0 Å². The van der Waals surface area contributed by atoms with Crippen LogP contribution in [0.3, 0.4) is 0 Å². The first kappa shape index (κ1) is 43.1. The molecular weight excluding hydrogens is 807 g/mol. The van der Waals surface area contributed by atoms with Crippen LogP contribution < -0.4 is 4.90 Å². The predicted octanol–water partition coefficient (Wildman–Crippen LogP) is 17.9. The molecule has 67 heavy (non-hydrogen) atoms. The van der Waals surface area contributed by atoms with Crippen molar-refractivity contribution < 1.29 is 0 Å². The van der Waals surface area contributed by atoms with Crippen LogP contribution in [-0.2, 0) is 27.1 Å². The van der Waals surface area contributed by atoms with E-state index >= 15 is 0 Å². The Kier molecular flexibility index (Phi) is 10.0. The van der Waals surface area contributed by atoms with Gasteiger partial charge in [-0.3, -0.25) is 0 Å². The second-order valence-corrected chi connectivity index (χ2v) is 22.6. The van der Waals surface area contributed by atoms with Crippen molar-refractivity contribution in [2.24, 2.45) is 0 Å². The predicted molar refractivity (Wildman–Crippen MR) is 285 cm³/mol. The minimum Gasteiger partial charge on any atom is -0.310 e. The topological polar surface area (TPSA) is 3.24 Å². The van der Waals surface area contributed by atoms with Gasteiger partial charge in [0.15, 0.2) is 0 Å². The van der Waals surface area contributed by atoms with E-state index in [4.69, 9.17) is 0 Å². The van der Waals surface area contributed by atoms with Crippen molar-refractivity contribution in [3.8, 4) is 33.4 Å². The lowest BCUT2D eigenvalue weighted by molar-refractivity contribution is 0.332. The lowest BCUT2D eigenvalue weighted by Gasteiger charge is -2.45. The van der Waals surface area contributed by atoms with Crippen LogP contribution in [0.15, 0.2) is 182 Å². The monoisotopic (exact) mass is 872 g/mol. The molecule has 0 radical (unpaired) electrons. The highest BCUT2D eigenvalue weighted by molar-refractivity contribution is 5.99. The average Bonchev–Trinajstić information content (AvgIpc) is 3.63. The molecule has 0 saturated carbocycles. The van der Waals surface area contributed by atoms with Crippen molar-refractivity contribution in [2.75, 3.05) is 4.90 Å². The fraction of sp³-hybridized carbons (Fsp3) is 0.273. The zero-order valence-corrected chi connectivity index (χ0v) is 41.1. The largest absolute Gasteiger partial charge is 0.310 e. The number of aryl methyl sites for hydroxylation is 1. The molecule has 0 atom stereocenters. The molecule has 0 spiro atoms. The molecule has 334 valence electrons. The van der Waals surface area contributed by atoms with Crippen molar-refractivity contribution in [1.82, 2.24) is 0 Å². The number of benzene rings is 8. The van der Waals surface area contributed by atoms with Gasteiger partial charge in [-0.2, -0.15) is 0 Å². The maximum Gasteiger partial charge on any atom is 0.0714 e. The van der Waals surface area contributed by atoms with Gasteiger partial charge in [0.1, 0.15) is 0 Å². The summed E-state index contributed by atoms with van der Waals surface area (Å²) in [6.45, 7) is 22.2. The molecule has 8 aromatic rings. The van der Waals surface area contributed by atoms with Gasteiger partial charge in [-0.15, -0.1) is 0 Å². The minimum absolute atomic E-state index is 0.0294. The first-order valence-corrected chi connectivity index (χ1v) is 24.8. The molecule has 0 unspecified atom stereocenters. The van der Waals surface area contributed by atoms with Crippen LogP contribution in [0.25, 0.3) is 33.4 Å². The van der Waals surface area contributed by atoms with E-state index in [1.54, 1.807) is 0 Å². The number of nitrogens with zero attached hydrogens (tertiary/aromatic N) is 1. The number of rotatable bonds is 7. The summed E-state index contributed by atoms with van der Waals surface area (Å²) in [5.41, 5.74) is 23.3. The first-order valence-electron chi connectivity index (χ1n) is 24.8. The van der Waals surface area contributed by atoms with Crippen molar-refractivity contribution in [1.29, 1.82) is 0 Å².